The van der Waals surface area contributed by atoms with Crippen molar-refractivity contribution in [2.45, 2.75) is 38.0 Å². The first-order chi connectivity index (χ1) is 6.70. The van der Waals surface area contributed by atoms with Crippen LogP contribution in [0.3, 0.4) is 0 Å². The molecule has 0 fully saturated rings. The Balaban J connectivity index is 4.40. The highest BCUT2D eigenvalue weighted by molar-refractivity contribution is 4.85. The molecule has 0 saturated carbocycles. The van der Waals surface area contributed by atoms with Gasteiger partial charge in [0.25, 0.3) is 0 Å². The van der Waals surface area contributed by atoms with Crippen molar-refractivity contribution in [3.8, 4) is 0 Å². The van der Waals surface area contributed by atoms with Crippen LogP contribution in [0.1, 0.15) is 26.2 Å². The van der Waals surface area contributed by atoms with Crippen LogP contribution in [0, 0.1) is 0 Å². The first-order valence-corrected chi connectivity index (χ1v) is 4.34. The van der Waals surface area contributed by atoms with Gasteiger partial charge in [-0.3, -0.25) is 0 Å². The summed E-state index contributed by atoms with van der Waals surface area (Å²) in [5.74, 6) is -1.80. The summed E-state index contributed by atoms with van der Waals surface area (Å²) in [6.07, 6.45) is 2.03. The van der Waals surface area contributed by atoms with Crippen molar-refractivity contribution < 1.29 is 20.8 Å². The molecule has 0 heterocycles. The summed E-state index contributed by atoms with van der Waals surface area (Å²) in [6.45, 7) is 1.95. The predicted octanol–water partition coefficient (Wildman–Crippen LogP) is -0.886. The van der Waals surface area contributed by atoms with E-state index >= 15 is 0 Å². The Kier molecular flexibility index (Phi) is 6.87. The number of unbranched alkanes of at least 4 members (excludes halogenated alkanes) is 1. The van der Waals surface area contributed by atoms with Crippen LogP contribution in [0.25, 0.3) is 0 Å². The minimum Gasteiger partial charge on any atom is -0.316 e. The Hall–Kier alpha value is -0.320. The lowest BCUT2D eigenvalue weighted by Gasteiger charge is -2.35. The molecule has 0 aliphatic carbocycles. The second kappa shape index (κ2) is 7.04. The van der Waals surface area contributed by atoms with Gasteiger partial charge in [0.1, 0.15) is 0 Å². The maximum Gasteiger partial charge on any atom is 0.206 e. The maximum atomic E-state index is 8.78. The van der Waals surface area contributed by atoms with Gasteiger partial charge in [0, 0.05) is 0 Å². The third-order valence-electron chi connectivity index (χ3n) is 2.05. The summed E-state index contributed by atoms with van der Waals surface area (Å²) >= 11 is 0. The van der Waals surface area contributed by atoms with Crippen LogP contribution in [0.5, 0.6) is 0 Å². The largest absolute Gasteiger partial charge is 0.316 e. The second-order valence-corrected chi connectivity index (χ2v) is 2.97. The van der Waals surface area contributed by atoms with Gasteiger partial charge in [-0.25, -0.2) is 0 Å². The third-order valence-corrected chi connectivity index (χ3v) is 2.05. The van der Waals surface area contributed by atoms with Crippen molar-refractivity contribution in [2.24, 2.45) is 0 Å². The number of hydroxylamine groups is 4. The van der Waals surface area contributed by atoms with Crippen molar-refractivity contribution >= 4 is 0 Å². The molecule has 0 rings (SSSR count). The quantitative estimate of drug-likeness (QED) is 0.191. The molecule has 0 spiro atoms. The van der Waals surface area contributed by atoms with E-state index in [2.05, 4.69) is 0 Å². The second-order valence-electron chi connectivity index (χ2n) is 2.97. The normalized spacial score (nSPS) is 14.4. The van der Waals surface area contributed by atoms with Gasteiger partial charge in [-0.05, 0) is 6.42 Å². The van der Waals surface area contributed by atoms with Gasteiger partial charge in [-0.15, -0.1) is 0 Å². The molecule has 14 heavy (non-hydrogen) atoms. The first kappa shape index (κ1) is 13.7. The number of hydrogen-bond donors (Lipinski definition) is 8. The van der Waals surface area contributed by atoms with Gasteiger partial charge in [0.15, 0.2) is 0 Å². The van der Waals surface area contributed by atoms with Crippen molar-refractivity contribution in [1.82, 2.24) is 21.9 Å². The third kappa shape index (κ3) is 3.12. The fraction of sp³-hybridized carbons (Fsp3) is 1.00. The minimum absolute atomic E-state index is 0.418. The Bertz CT molecular complexity index is 136. The number of hydrogen-bond acceptors (Lipinski definition) is 8. The summed E-state index contributed by atoms with van der Waals surface area (Å²) in [5, 5.41) is 35.0. The van der Waals surface area contributed by atoms with Gasteiger partial charge in [-0.1, -0.05) is 19.8 Å². The molecule has 0 aromatic rings. The van der Waals surface area contributed by atoms with Crippen LogP contribution in [-0.2, 0) is 0 Å². The molecule has 8 nitrogen and oxygen atoms in total. The van der Waals surface area contributed by atoms with Gasteiger partial charge in [0.05, 0.1) is 6.04 Å². The predicted molar refractivity (Wildman–Crippen MR) is 45.7 cm³/mol. The van der Waals surface area contributed by atoms with E-state index in [4.69, 9.17) is 20.8 Å². The average molecular weight is 210 g/mol. The van der Waals surface area contributed by atoms with E-state index in [0.29, 0.717) is 6.42 Å². The van der Waals surface area contributed by atoms with Crippen molar-refractivity contribution in [1.29, 1.82) is 0 Å². The van der Waals surface area contributed by atoms with Crippen molar-refractivity contribution in [3.05, 3.63) is 0 Å². The SMILES string of the molecule is CCCCC(NO)C(NO)(NO)NO. The van der Waals surface area contributed by atoms with Crippen LogP contribution in [0.15, 0.2) is 0 Å². The Labute approximate surface area is 81.8 Å². The van der Waals surface area contributed by atoms with Gasteiger partial charge in [0.2, 0.25) is 5.79 Å². The zero-order chi connectivity index (χ0) is 11.0. The number of rotatable bonds is 8. The lowest BCUT2D eigenvalue weighted by molar-refractivity contribution is -0.156. The molecule has 0 bridgehead atoms. The van der Waals surface area contributed by atoms with E-state index < -0.39 is 11.8 Å². The van der Waals surface area contributed by atoms with E-state index in [0.717, 1.165) is 12.8 Å². The Morgan fingerprint density at radius 2 is 1.57 bits per heavy atom. The van der Waals surface area contributed by atoms with Crippen molar-refractivity contribution in [2.75, 3.05) is 0 Å². The molecule has 0 amide bonds. The zero-order valence-corrected chi connectivity index (χ0v) is 7.99. The molecule has 0 aromatic heterocycles. The standard InChI is InChI=1S/C6H18N4O4/c1-2-3-4-5(7-11)6(8-12,9-13)10-14/h5,7-14H,2-4H2,1H3. The molecule has 0 aliphatic rings. The zero-order valence-electron chi connectivity index (χ0n) is 7.99. The van der Waals surface area contributed by atoms with Gasteiger partial charge >= 0.3 is 0 Å². The molecule has 1 unspecified atom stereocenters. The Morgan fingerprint density at radius 1 is 1.07 bits per heavy atom. The van der Waals surface area contributed by atoms with E-state index in [1.165, 1.54) is 0 Å². The summed E-state index contributed by atoms with van der Waals surface area (Å²) < 4.78 is 0. The van der Waals surface area contributed by atoms with Crippen LogP contribution in [0.2, 0.25) is 0 Å². The summed E-state index contributed by atoms with van der Waals surface area (Å²) in [6, 6.07) is -0.817. The first-order valence-electron chi connectivity index (χ1n) is 4.34. The molecule has 8 heteroatoms. The van der Waals surface area contributed by atoms with Gasteiger partial charge in [-0.2, -0.15) is 21.9 Å². The Morgan fingerprint density at radius 3 is 1.86 bits per heavy atom. The lowest BCUT2D eigenvalue weighted by Crippen LogP contribution is -2.73. The highest BCUT2D eigenvalue weighted by Gasteiger charge is 2.37. The molecule has 0 aliphatic heterocycles. The van der Waals surface area contributed by atoms with E-state index in [1.54, 1.807) is 16.4 Å². The topological polar surface area (TPSA) is 129 Å². The molecule has 0 saturated heterocycles. The average Bonchev–Trinajstić information content (AvgIpc) is 2.25. The highest BCUT2D eigenvalue weighted by Crippen LogP contribution is 2.09. The molecule has 1 atom stereocenters. The van der Waals surface area contributed by atoms with E-state index in [1.807, 2.05) is 12.4 Å². The van der Waals surface area contributed by atoms with Gasteiger partial charge < -0.3 is 20.8 Å². The molecule has 86 valence electrons. The van der Waals surface area contributed by atoms with Crippen LogP contribution in [0.4, 0.5) is 0 Å². The maximum absolute atomic E-state index is 8.78. The smallest absolute Gasteiger partial charge is 0.206 e. The monoisotopic (exact) mass is 210 g/mol. The fourth-order valence-corrected chi connectivity index (χ4v) is 1.09. The molecule has 0 radical (unpaired) electrons. The van der Waals surface area contributed by atoms with Crippen molar-refractivity contribution in [3.63, 3.8) is 0 Å². The molecule has 0 aromatic carbocycles. The fourth-order valence-electron chi connectivity index (χ4n) is 1.09. The van der Waals surface area contributed by atoms with Crippen LogP contribution < -0.4 is 21.9 Å². The lowest BCUT2D eigenvalue weighted by atomic mass is 10.0. The number of nitrogens with one attached hydrogen (secondary N) is 4. The molecular weight excluding hydrogens is 192 g/mol. The van der Waals surface area contributed by atoms with Crippen LogP contribution >= 0.6 is 0 Å². The summed E-state index contributed by atoms with van der Waals surface area (Å²) in [7, 11) is 0. The highest BCUT2D eigenvalue weighted by atomic mass is 16.6. The summed E-state index contributed by atoms with van der Waals surface area (Å²) in [4.78, 5) is 0. The van der Waals surface area contributed by atoms with E-state index in [-0.39, 0.29) is 0 Å². The minimum atomic E-state index is -1.80. The molecular formula is C6H18N4O4. The van der Waals surface area contributed by atoms with E-state index in [9.17, 15) is 0 Å². The van der Waals surface area contributed by atoms with Crippen LogP contribution in [-0.4, -0.2) is 32.7 Å². The summed E-state index contributed by atoms with van der Waals surface area (Å²) in [5.41, 5.74) is 6.75. The molecule has 8 N–H and O–H groups in total.